The van der Waals surface area contributed by atoms with Crippen LogP contribution in [0, 0.1) is 0 Å². The van der Waals surface area contributed by atoms with E-state index in [4.69, 9.17) is 5.11 Å². The molecule has 96 valence electrons. The van der Waals surface area contributed by atoms with E-state index >= 15 is 0 Å². The number of carbonyl (C=O) groups is 2. The average molecular weight is 253 g/mol. The Morgan fingerprint density at radius 2 is 1.94 bits per heavy atom. The fraction of sp³-hybridized carbons (Fsp3) is 0.750. The van der Waals surface area contributed by atoms with Crippen LogP contribution in [0.15, 0.2) is 10.2 Å². The Labute approximate surface area is 93.9 Å². The maximum absolute atomic E-state index is 11.9. The van der Waals surface area contributed by atoms with Crippen molar-refractivity contribution in [2.24, 2.45) is 10.2 Å². The summed E-state index contributed by atoms with van der Waals surface area (Å²) in [7, 11) is 0. The Kier molecular flexibility index (Phi) is 3.39. The lowest BCUT2D eigenvalue weighted by atomic mass is 10.1. The highest BCUT2D eigenvalue weighted by Crippen LogP contribution is 2.32. The average Bonchev–Trinajstić information content (AvgIpc) is 2.89. The zero-order valence-electron chi connectivity index (χ0n) is 8.78. The van der Waals surface area contributed by atoms with Crippen LogP contribution in [-0.4, -0.2) is 34.9 Å². The van der Waals surface area contributed by atoms with E-state index in [2.05, 4.69) is 10.2 Å². The molecule has 0 aliphatic carbocycles. The van der Waals surface area contributed by atoms with Crippen LogP contribution in [0.4, 0.5) is 13.2 Å². The van der Waals surface area contributed by atoms with E-state index in [1.807, 2.05) is 0 Å². The van der Waals surface area contributed by atoms with Gasteiger partial charge in [0.2, 0.25) is 0 Å². The molecule has 1 amide bonds. The van der Waals surface area contributed by atoms with E-state index in [0.29, 0.717) is 0 Å². The molecule has 1 aliphatic rings. The largest absolute Gasteiger partial charge is 0.480 e. The molecule has 1 heterocycles. The summed E-state index contributed by atoms with van der Waals surface area (Å²) < 4.78 is 35.8. The van der Waals surface area contributed by atoms with Gasteiger partial charge in [0.05, 0.1) is 0 Å². The molecule has 17 heavy (non-hydrogen) atoms. The summed E-state index contributed by atoms with van der Waals surface area (Å²) >= 11 is 0. The molecule has 1 aliphatic heterocycles. The Morgan fingerprint density at radius 1 is 1.41 bits per heavy atom. The van der Waals surface area contributed by atoms with Gasteiger partial charge >= 0.3 is 18.1 Å². The van der Waals surface area contributed by atoms with Crippen LogP contribution in [0.25, 0.3) is 0 Å². The minimum absolute atomic E-state index is 0.166. The summed E-state index contributed by atoms with van der Waals surface area (Å²) in [4.78, 5) is 21.2. The molecule has 9 heteroatoms. The van der Waals surface area contributed by atoms with Crippen LogP contribution in [-0.2, 0) is 9.59 Å². The first kappa shape index (κ1) is 13.4. The predicted octanol–water partition coefficient (Wildman–Crippen LogP) is 1.08. The molecule has 0 spiro atoms. The third-order valence-corrected chi connectivity index (χ3v) is 2.21. The van der Waals surface area contributed by atoms with Crippen molar-refractivity contribution in [3.8, 4) is 0 Å². The molecule has 0 fully saturated rings. The first-order valence-corrected chi connectivity index (χ1v) is 4.69. The van der Waals surface area contributed by atoms with E-state index in [1.165, 1.54) is 5.32 Å². The Balaban J connectivity index is 2.49. The van der Waals surface area contributed by atoms with Crippen molar-refractivity contribution in [1.29, 1.82) is 0 Å². The number of nitrogens with one attached hydrogen (secondary N) is 1. The molecule has 0 aromatic rings. The Hall–Kier alpha value is -1.67. The summed E-state index contributed by atoms with van der Waals surface area (Å²) in [5.41, 5.74) is -0.712. The van der Waals surface area contributed by atoms with Crippen molar-refractivity contribution in [3.63, 3.8) is 0 Å². The van der Waals surface area contributed by atoms with Gasteiger partial charge in [-0.05, 0) is 19.8 Å². The zero-order valence-corrected chi connectivity index (χ0v) is 8.78. The molecular formula is C8H10F3N3O3. The van der Waals surface area contributed by atoms with E-state index < -0.39 is 29.8 Å². The van der Waals surface area contributed by atoms with Crippen LogP contribution in [0.2, 0.25) is 0 Å². The molecular weight excluding hydrogens is 243 g/mol. The quantitative estimate of drug-likeness (QED) is 0.768. The Bertz CT molecular complexity index is 361. The maximum Gasteiger partial charge on any atom is 0.471 e. The van der Waals surface area contributed by atoms with E-state index in [-0.39, 0.29) is 12.8 Å². The van der Waals surface area contributed by atoms with Crippen LogP contribution in [0.5, 0.6) is 0 Å². The highest BCUT2D eigenvalue weighted by atomic mass is 19.4. The second kappa shape index (κ2) is 4.30. The van der Waals surface area contributed by atoms with Gasteiger partial charge in [0.25, 0.3) is 0 Å². The molecule has 0 radical (unpaired) electrons. The number of alkyl halides is 3. The molecule has 1 atom stereocenters. The first-order valence-electron chi connectivity index (χ1n) is 4.69. The lowest BCUT2D eigenvalue weighted by Gasteiger charge is -2.16. The second-order valence-electron chi connectivity index (χ2n) is 3.82. The number of rotatable bonds is 5. The van der Waals surface area contributed by atoms with Gasteiger partial charge in [-0.25, -0.2) is 4.79 Å². The van der Waals surface area contributed by atoms with E-state index in [9.17, 15) is 22.8 Å². The summed E-state index contributed by atoms with van der Waals surface area (Å²) in [6.45, 7) is 1.61. The number of amides is 1. The van der Waals surface area contributed by atoms with Crippen molar-refractivity contribution in [3.05, 3.63) is 0 Å². The molecule has 0 bridgehead atoms. The summed E-state index contributed by atoms with van der Waals surface area (Å²) in [6, 6.07) is -1.59. The minimum atomic E-state index is -5.09. The van der Waals surface area contributed by atoms with Gasteiger partial charge in [-0.1, -0.05) is 0 Å². The summed E-state index contributed by atoms with van der Waals surface area (Å²) in [5.74, 6) is -3.79. The minimum Gasteiger partial charge on any atom is -0.480 e. The third-order valence-electron chi connectivity index (χ3n) is 2.21. The highest BCUT2D eigenvalue weighted by Gasteiger charge is 2.42. The highest BCUT2D eigenvalue weighted by molar-refractivity contribution is 5.86. The normalized spacial score (nSPS) is 18.6. The van der Waals surface area contributed by atoms with Gasteiger partial charge < -0.3 is 10.4 Å². The van der Waals surface area contributed by atoms with Crippen molar-refractivity contribution >= 4 is 11.9 Å². The van der Waals surface area contributed by atoms with Crippen molar-refractivity contribution < 1.29 is 27.9 Å². The molecule has 0 unspecified atom stereocenters. The molecule has 0 saturated heterocycles. The number of hydrogen-bond donors (Lipinski definition) is 2. The first-order chi connectivity index (χ1) is 7.64. The third kappa shape index (κ3) is 4.00. The van der Waals surface area contributed by atoms with Crippen molar-refractivity contribution in [2.75, 3.05) is 0 Å². The molecule has 0 aromatic heterocycles. The molecule has 1 rings (SSSR count). The number of halogens is 3. The standard InChI is InChI=1S/C8H10F3N3O3/c1-7(13-14-7)3-2-4(5(15)16)12-6(17)8(9,10)11/h4H,2-3H2,1H3,(H,12,17)(H,15,16)/t4-/m0/s1. The number of carbonyl (C=O) groups excluding carboxylic acids is 1. The SMILES string of the molecule is CC1(CC[C@H](NC(=O)C(F)(F)F)C(=O)O)N=N1. The fourth-order valence-electron chi connectivity index (χ4n) is 1.10. The number of carboxylic acid groups (broad SMARTS) is 1. The van der Waals surface area contributed by atoms with Gasteiger partial charge in [-0.2, -0.15) is 23.4 Å². The lowest BCUT2D eigenvalue weighted by molar-refractivity contribution is -0.175. The van der Waals surface area contributed by atoms with Crippen LogP contribution >= 0.6 is 0 Å². The van der Waals surface area contributed by atoms with Gasteiger partial charge in [-0.3, -0.25) is 4.79 Å². The second-order valence-corrected chi connectivity index (χ2v) is 3.82. The van der Waals surface area contributed by atoms with E-state index in [0.717, 1.165) is 0 Å². The molecule has 6 nitrogen and oxygen atoms in total. The number of hydrogen-bond acceptors (Lipinski definition) is 4. The number of nitrogens with zero attached hydrogens (tertiary/aromatic N) is 2. The topological polar surface area (TPSA) is 91.1 Å². The molecule has 0 aromatic carbocycles. The maximum atomic E-state index is 11.9. The molecule has 2 N–H and O–H groups in total. The smallest absolute Gasteiger partial charge is 0.471 e. The molecule has 0 saturated carbocycles. The van der Waals surface area contributed by atoms with Gasteiger partial charge in [0, 0.05) is 0 Å². The zero-order chi connectivity index (χ0) is 13.3. The summed E-state index contributed by atoms with van der Waals surface area (Å²) in [5, 5.41) is 17.3. The predicted molar refractivity (Wildman–Crippen MR) is 48.1 cm³/mol. The van der Waals surface area contributed by atoms with Gasteiger partial charge in [0.15, 0.2) is 5.66 Å². The Morgan fingerprint density at radius 3 is 2.29 bits per heavy atom. The van der Waals surface area contributed by atoms with Gasteiger partial charge in [-0.15, -0.1) is 0 Å². The van der Waals surface area contributed by atoms with Crippen LogP contribution < -0.4 is 5.32 Å². The van der Waals surface area contributed by atoms with Crippen LogP contribution in [0.3, 0.4) is 0 Å². The lowest BCUT2D eigenvalue weighted by Crippen LogP contribution is -2.47. The summed E-state index contributed by atoms with van der Waals surface area (Å²) in [6.07, 6.45) is -5.09. The van der Waals surface area contributed by atoms with Crippen molar-refractivity contribution in [2.45, 2.75) is 37.6 Å². The number of carboxylic acids is 1. The van der Waals surface area contributed by atoms with Gasteiger partial charge in [0.1, 0.15) is 6.04 Å². The van der Waals surface area contributed by atoms with E-state index in [1.54, 1.807) is 6.92 Å². The van der Waals surface area contributed by atoms with Crippen LogP contribution in [0.1, 0.15) is 19.8 Å². The van der Waals surface area contributed by atoms with Crippen molar-refractivity contribution in [1.82, 2.24) is 5.32 Å². The number of aliphatic carboxylic acids is 1. The monoisotopic (exact) mass is 253 g/mol. The fourth-order valence-corrected chi connectivity index (χ4v) is 1.10.